The third-order valence-corrected chi connectivity index (χ3v) is 5.52. The van der Waals surface area contributed by atoms with Crippen molar-refractivity contribution in [1.29, 1.82) is 0 Å². The summed E-state index contributed by atoms with van der Waals surface area (Å²) >= 11 is 0. The monoisotopic (exact) mass is 440 g/mol. The van der Waals surface area contributed by atoms with Gasteiger partial charge in [0.1, 0.15) is 22.6 Å². The number of nitrogens with zero attached hydrogens (tertiary/aromatic N) is 2. The Hall–Kier alpha value is -4.39. The van der Waals surface area contributed by atoms with Crippen molar-refractivity contribution in [3.8, 4) is 11.5 Å². The molecule has 0 radical (unpaired) electrons. The number of amides is 1. The molecular formula is C26H20N2O5. The fourth-order valence-corrected chi connectivity index (χ4v) is 3.81. The summed E-state index contributed by atoms with van der Waals surface area (Å²) in [4.78, 5) is 30.8. The van der Waals surface area contributed by atoms with Gasteiger partial charge in [0, 0.05) is 18.8 Å². The Balaban J connectivity index is 1.41. The van der Waals surface area contributed by atoms with E-state index in [1.54, 1.807) is 47.4 Å². The number of hydrogen-bond donors (Lipinski definition) is 1. The van der Waals surface area contributed by atoms with Crippen LogP contribution in [0.4, 0.5) is 11.4 Å². The number of para-hydroxylation sites is 1. The highest BCUT2D eigenvalue weighted by atomic mass is 16.5. The number of hydrogen-bond acceptors (Lipinski definition) is 6. The first kappa shape index (κ1) is 20.5. The number of benzene rings is 3. The first-order chi connectivity index (χ1) is 16.1. The molecule has 5 rings (SSSR count). The van der Waals surface area contributed by atoms with Crippen LogP contribution in [0.3, 0.4) is 0 Å². The van der Waals surface area contributed by atoms with Crippen LogP contribution in [0, 0.1) is 0 Å². The second kappa shape index (κ2) is 8.63. The number of carbonyl (C=O) groups excluding carboxylic acids is 1. The molecule has 0 saturated heterocycles. The number of anilines is 1. The maximum atomic E-state index is 12.5. The molecule has 1 aromatic heterocycles. The molecule has 0 aliphatic carbocycles. The molecule has 1 amide bonds. The van der Waals surface area contributed by atoms with Crippen LogP contribution in [0.15, 0.2) is 87.0 Å². The summed E-state index contributed by atoms with van der Waals surface area (Å²) in [5, 5.41) is 10.9. The van der Waals surface area contributed by atoms with Gasteiger partial charge in [0.25, 0.3) is 5.91 Å². The highest BCUT2D eigenvalue weighted by Crippen LogP contribution is 2.35. The minimum absolute atomic E-state index is 0.0352. The van der Waals surface area contributed by atoms with Gasteiger partial charge >= 0.3 is 5.63 Å². The first-order valence-corrected chi connectivity index (χ1v) is 10.5. The third kappa shape index (κ3) is 4.08. The summed E-state index contributed by atoms with van der Waals surface area (Å²) in [6, 6.07) is 21.9. The maximum absolute atomic E-state index is 12.5. The lowest BCUT2D eigenvalue weighted by molar-refractivity contribution is -0.121. The average Bonchev–Trinajstić information content (AvgIpc) is 2.84. The Morgan fingerprint density at radius 3 is 2.64 bits per heavy atom. The van der Waals surface area contributed by atoms with Gasteiger partial charge in [0.2, 0.25) is 0 Å². The van der Waals surface area contributed by atoms with Crippen LogP contribution in [-0.4, -0.2) is 30.4 Å². The van der Waals surface area contributed by atoms with Gasteiger partial charge in [-0.15, -0.1) is 0 Å². The second-order valence-corrected chi connectivity index (χ2v) is 7.63. The van der Waals surface area contributed by atoms with E-state index >= 15 is 0 Å². The highest BCUT2D eigenvalue weighted by molar-refractivity contribution is 5.98. The largest absolute Gasteiger partial charge is 0.506 e. The molecule has 0 atom stereocenters. The number of fused-ring (bicyclic) bond motifs is 2. The van der Waals surface area contributed by atoms with Crippen molar-refractivity contribution in [3.63, 3.8) is 0 Å². The Kier molecular flexibility index (Phi) is 5.36. The molecule has 0 spiro atoms. The second-order valence-electron chi connectivity index (χ2n) is 7.63. The van der Waals surface area contributed by atoms with Crippen LogP contribution in [-0.2, 0) is 11.2 Å². The SMILES string of the molecule is O=C1COc2cc(N=Cc3c(O)c4ccccc4oc3=O)ccc2N1CCc1ccccc1. The highest BCUT2D eigenvalue weighted by Gasteiger charge is 2.25. The number of aliphatic imine (C=N–C) groups is 1. The minimum atomic E-state index is -0.679. The van der Waals surface area contributed by atoms with E-state index in [2.05, 4.69) is 4.99 Å². The van der Waals surface area contributed by atoms with Gasteiger partial charge < -0.3 is 19.2 Å². The van der Waals surface area contributed by atoms with E-state index in [4.69, 9.17) is 9.15 Å². The smallest absolute Gasteiger partial charge is 0.348 e. The Morgan fingerprint density at radius 1 is 1.00 bits per heavy atom. The van der Waals surface area contributed by atoms with Crippen molar-refractivity contribution in [3.05, 3.63) is 94.3 Å². The lowest BCUT2D eigenvalue weighted by Crippen LogP contribution is -2.40. The lowest BCUT2D eigenvalue weighted by Gasteiger charge is -2.29. The van der Waals surface area contributed by atoms with Gasteiger partial charge in [-0.2, -0.15) is 0 Å². The zero-order valence-electron chi connectivity index (χ0n) is 17.6. The number of carbonyl (C=O) groups is 1. The molecule has 0 fully saturated rings. The molecule has 7 heteroatoms. The van der Waals surface area contributed by atoms with Crippen LogP contribution in [0.2, 0.25) is 0 Å². The molecule has 1 aliphatic heterocycles. The van der Waals surface area contributed by atoms with E-state index < -0.39 is 5.63 Å². The van der Waals surface area contributed by atoms with Crippen molar-refractivity contribution >= 4 is 34.5 Å². The molecular weight excluding hydrogens is 420 g/mol. The zero-order valence-corrected chi connectivity index (χ0v) is 17.6. The van der Waals surface area contributed by atoms with Crippen LogP contribution < -0.4 is 15.3 Å². The van der Waals surface area contributed by atoms with Gasteiger partial charge in [-0.05, 0) is 36.2 Å². The molecule has 164 valence electrons. The standard InChI is InChI=1S/C26H20N2O5/c29-24-16-32-23-14-18(10-11-21(23)28(24)13-12-17-6-2-1-3-7-17)27-15-20-25(30)19-8-4-5-9-22(19)33-26(20)31/h1-11,14-15,30H,12-13,16H2. The molecule has 4 aromatic rings. The molecule has 3 aromatic carbocycles. The van der Waals surface area contributed by atoms with Crippen LogP contribution in [0.25, 0.3) is 11.0 Å². The first-order valence-electron chi connectivity index (χ1n) is 10.5. The summed E-state index contributed by atoms with van der Waals surface area (Å²) in [7, 11) is 0. The van der Waals surface area contributed by atoms with E-state index in [9.17, 15) is 14.7 Å². The molecule has 2 heterocycles. The fourth-order valence-electron chi connectivity index (χ4n) is 3.81. The quantitative estimate of drug-likeness (QED) is 0.371. The topological polar surface area (TPSA) is 92.3 Å². The van der Waals surface area contributed by atoms with Crippen molar-refractivity contribution in [2.45, 2.75) is 6.42 Å². The average molecular weight is 440 g/mol. The van der Waals surface area contributed by atoms with Gasteiger partial charge in [-0.25, -0.2) is 4.79 Å². The van der Waals surface area contributed by atoms with Gasteiger partial charge in [0.15, 0.2) is 6.61 Å². The van der Waals surface area contributed by atoms with E-state index in [-0.39, 0.29) is 23.8 Å². The van der Waals surface area contributed by atoms with Crippen LogP contribution >= 0.6 is 0 Å². The number of aromatic hydroxyl groups is 1. The molecule has 1 N–H and O–H groups in total. The molecule has 7 nitrogen and oxygen atoms in total. The van der Waals surface area contributed by atoms with E-state index in [1.807, 2.05) is 30.3 Å². The van der Waals surface area contributed by atoms with Crippen LogP contribution in [0.1, 0.15) is 11.1 Å². The molecule has 33 heavy (non-hydrogen) atoms. The Bertz CT molecular complexity index is 1430. The maximum Gasteiger partial charge on any atom is 0.348 e. The van der Waals surface area contributed by atoms with Crippen LogP contribution in [0.5, 0.6) is 11.5 Å². The predicted molar refractivity (Wildman–Crippen MR) is 126 cm³/mol. The molecule has 1 aliphatic rings. The molecule has 0 bridgehead atoms. The minimum Gasteiger partial charge on any atom is -0.506 e. The van der Waals surface area contributed by atoms with Crippen molar-refractivity contribution in [1.82, 2.24) is 0 Å². The Morgan fingerprint density at radius 2 is 1.79 bits per heavy atom. The fraction of sp³-hybridized carbons (Fsp3) is 0.115. The Labute approximate surface area is 189 Å². The van der Waals surface area contributed by atoms with Crippen molar-refractivity contribution in [2.24, 2.45) is 4.99 Å². The van der Waals surface area contributed by atoms with E-state index in [0.29, 0.717) is 34.6 Å². The normalized spacial score (nSPS) is 13.3. The van der Waals surface area contributed by atoms with Gasteiger partial charge in [-0.3, -0.25) is 9.79 Å². The third-order valence-electron chi connectivity index (χ3n) is 5.52. The van der Waals surface area contributed by atoms with E-state index in [1.165, 1.54) is 6.21 Å². The van der Waals surface area contributed by atoms with Crippen molar-refractivity contribution < 1.29 is 19.1 Å². The number of rotatable bonds is 5. The zero-order chi connectivity index (χ0) is 22.8. The summed E-state index contributed by atoms with van der Waals surface area (Å²) in [6.07, 6.45) is 2.00. The summed E-state index contributed by atoms with van der Waals surface area (Å²) in [6.45, 7) is 0.484. The summed E-state index contributed by atoms with van der Waals surface area (Å²) in [5.74, 6) is 0.248. The van der Waals surface area contributed by atoms with Gasteiger partial charge in [0.05, 0.1) is 16.8 Å². The summed E-state index contributed by atoms with van der Waals surface area (Å²) < 4.78 is 10.9. The predicted octanol–water partition coefficient (Wildman–Crippen LogP) is 4.22. The van der Waals surface area contributed by atoms with Crippen molar-refractivity contribution in [2.75, 3.05) is 18.1 Å². The van der Waals surface area contributed by atoms with E-state index in [0.717, 1.165) is 12.0 Å². The summed E-state index contributed by atoms with van der Waals surface area (Å²) in [5.41, 5.74) is 1.93. The van der Waals surface area contributed by atoms with Gasteiger partial charge in [-0.1, -0.05) is 42.5 Å². The molecule has 0 unspecified atom stereocenters. The lowest BCUT2D eigenvalue weighted by atomic mass is 10.1. The molecule has 0 saturated carbocycles. The number of ether oxygens (including phenoxy) is 1.